The molecule has 1 fully saturated rings. The van der Waals surface area contributed by atoms with Crippen molar-refractivity contribution in [2.24, 2.45) is 10.7 Å². The number of sulfone groups is 1. The Kier molecular flexibility index (Phi) is 9.38. The molecule has 3 rings (SSSR count). The van der Waals surface area contributed by atoms with E-state index in [0.717, 1.165) is 31.5 Å². The average molecular weight is 550 g/mol. The molecule has 0 unspecified atom stereocenters. The van der Waals surface area contributed by atoms with Crippen LogP contribution in [0.3, 0.4) is 0 Å². The molecule has 2 heterocycles. The van der Waals surface area contributed by atoms with Gasteiger partial charge in [0, 0.05) is 13.3 Å². The van der Waals surface area contributed by atoms with E-state index in [0.29, 0.717) is 17.4 Å². The van der Waals surface area contributed by atoms with Crippen LogP contribution in [-0.2, 0) is 9.84 Å². The third-order valence-corrected chi connectivity index (χ3v) is 8.79. The second-order valence-corrected chi connectivity index (χ2v) is 12.3. The van der Waals surface area contributed by atoms with E-state index in [2.05, 4.69) is 50.5 Å². The van der Waals surface area contributed by atoms with Gasteiger partial charge in [-0.2, -0.15) is 4.98 Å². The monoisotopic (exact) mass is 549 g/mol. The number of aliphatic imine (C=N–C) groups is 1. The maximum absolute atomic E-state index is 12.6. The van der Waals surface area contributed by atoms with E-state index in [4.69, 9.17) is 22.1 Å². The first-order valence-corrected chi connectivity index (χ1v) is 14.0. The number of rotatable bonds is 9. The van der Waals surface area contributed by atoms with Crippen molar-refractivity contribution < 1.29 is 13.2 Å². The van der Waals surface area contributed by atoms with Crippen molar-refractivity contribution in [3.8, 4) is 5.75 Å². The van der Waals surface area contributed by atoms with Crippen molar-refractivity contribution >= 4 is 45.1 Å². The van der Waals surface area contributed by atoms with Crippen LogP contribution < -0.4 is 21.1 Å². The molecule has 37 heavy (non-hydrogen) atoms. The van der Waals surface area contributed by atoms with Crippen LogP contribution in [0.1, 0.15) is 43.7 Å². The highest BCUT2D eigenvalue weighted by atomic mass is 35.5. The summed E-state index contributed by atoms with van der Waals surface area (Å²) in [6.45, 7) is 7.34. The van der Waals surface area contributed by atoms with Gasteiger partial charge < -0.3 is 26.0 Å². The van der Waals surface area contributed by atoms with Gasteiger partial charge in [0.1, 0.15) is 10.8 Å². The number of anilines is 3. The fourth-order valence-corrected chi connectivity index (χ4v) is 5.24. The van der Waals surface area contributed by atoms with Crippen LogP contribution in [-0.4, -0.2) is 69.0 Å². The Morgan fingerprint density at radius 3 is 2.59 bits per heavy atom. The highest BCUT2D eigenvalue weighted by Gasteiger charge is 2.24. The molecule has 1 aliphatic rings. The van der Waals surface area contributed by atoms with Gasteiger partial charge in [-0.05, 0) is 82.9 Å². The summed E-state index contributed by atoms with van der Waals surface area (Å²) >= 11 is 6.33. The minimum atomic E-state index is -3.74. The summed E-state index contributed by atoms with van der Waals surface area (Å²) in [7, 11) is 1.55. The lowest BCUT2D eigenvalue weighted by atomic mass is 9.86. The standard InChI is InChI=1S/C25H36ClN7O3S/c1-15(2)37(34,35)23(27)21(14-28-4)30-24-19(26)13-29-25(32-24)31-20-11-16(3)18(12-22(20)36-6)17-7-9-33(5)10-8-17/h11-15,17H,7-10,27H2,1-6H3,(H2,29,30,31,32). The first-order chi connectivity index (χ1) is 17.5. The first-order valence-electron chi connectivity index (χ1n) is 12.1. The number of hydrogen-bond acceptors (Lipinski definition) is 10. The van der Waals surface area contributed by atoms with E-state index < -0.39 is 15.1 Å². The molecule has 0 spiro atoms. The van der Waals surface area contributed by atoms with E-state index in [1.165, 1.54) is 25.0 Å². The number of likely N-dealkylation sites (tertiary alicyclic amines) is 1. The number of halogens is 1. The number of aryl methyl sites for hydroxylation is 1. The first kappa shape index (κ1) is 28.7. The number of piperidine rings is 1. The van der Waals surface area contributed by atoms with E-state index in [1.807, 2.05) is 6.07 Å². The maximum Gasteiger partial charge on any atom is 0.229 e. The van der Waals surface area contributed by atoms with Crippen molar-refractivity contribution in [2.75, 3.05) is 44.9 Å². The van der Waals surface area contributed by atoms with E-state index in [-0.39, 0.29) is 27.5 Å². The minimum Gasteiger partial charge on any atom is -0.495 e. The van der Waals surface area contributed by atoms with Crippen molar-refractivity contribution in [1.29, 1.82) is 0 Å². The molecule has 0 aliphatic carbocycles. The summed E-state index contributed by atoms with van der Waals surface area (Å²) in [5.74, 6) is 1.59. The second-order valence-electron chi connectivity index (χ2n) is 9.39. The van der Waals surface area contributed by atoms with Gasteiger partial charge in [-0.3, -0.25) is 4.99 Å². The number of methoxy groups -OCH3 is 1. The Labute approximate surface area is 224 Å². The number of nitrogens with two attached hydrogens (primary N) is 1. The fourth-order valence-electron chi connectivity index (χ4n) is 4.19. The van der Waals surface area contributed by atoms with Crippen LogP contribution in [0.2, 0.25) is 5.02 Å². The molecule has 4 N–H and O–H groups in total. The largest absolute Gasteiger partial charge is 0.495 e. The zero-order chi connectivity index (χ0) is 27.3. The van der Waals surface area contributed by atoms with E-state index in [1.54, 1.807) is 21.0 Å². The smallest absolute Gasteiger partial charge is 0.229 e. The SMILES string of the molecule is CN=CC(Nc1nc(Nc2cc(C)c(C3CCN(C)CC3)cc2OC)ncc1Cl)=C(N)S(=O)(=O)C(C)C. The molecule has 12 heteroatoms. The average Bonchev–Trinajstić information content (AvgIpc) is 2.86. The van der Waals surface area contributed by atoms with Crippen molar-refractivity contribution in [2.45, 2.75) is 44.8 Å². The zero-order valence-electron chi connectivity index (χ0n) is 22.2. The number of nitrogens with zero attached hydrogens (tertiary/aromatic N) is 4. The molecule has 0 saturated carbocycles. The van der Waals surface area contributed by atoms with Crippen LogP contribution in [0.4, 0.5) is 17.5 Å². The van der Waals surface area contributed by atoms with Crippen LogP contribution in [0.25, 0.3) is 0 Å². The summed E-state index contributed by atoms with van der Waals surface area (Å²) < 4.78 is 30.9. The molecule has 0 amide bonds. The molecular weight excluding hydrogens is 514 g/mol. The quantitative estimate of drug-likeness (QED) is 0.395. The Bertz CT molecular complexity index is 1290. The summed E-state index contributed by atoms with van der Waals surface area (Å²) in [6, 6.07) is 4.11. The summed E-state index contributed by atoms with van der Waals surface area (Å²) in [6.07, 6.45) is 4.94. The molecule has 202 valence electrons. The lowest BCUT2D eigenvalue weighted by Gasteiger charge is -2.30. The molecule has 0 atom stereocenters. The summed E-state index contributed by atoms with van der Waals surface area (Å²) in [4.78, 5) is 15.0. The van der Waals surface area contributed by atoms with Gasteiger partial charge in [-0.15, -0.1) is 0 Å². The predicted molar refractivity (Wildman–Crippen MR) is 151 cm³/mol. The van der Waals surface area contributed by atoms with Gasteiger partial charge in [-0.25, -0.2) is 13.4 Å². The molecule has 0 bridgehead atoms. The van der Waals surface area contributed by atoms with Crippen molar-refractivity contribution in [3.63, 3.8) is 0 Å². The second kappa shape index (κ2) is 12.1. The number of ether oxygens (including phenoxy) is 1. The number of benzene rings is 1. The molecule has 2 aromatic rings. The lowest BCUT2D eigenvalue weighted by Crippen LogP contribution is -2.29. The summed E-state index contributed by atoms with van der Waals surface area (Å²) in [5, 5.41) is 5.23. The van der Waals surface area contributed by atoms with E-state index >= 15 is 0 Å². The van der Waals surface area contributed by atoms with Crippen molar-refractivity contribution in [3.05, 3.63) is 45.2 Å². The summed E-state index contributed by atoms with van der Waals surface area (Å²) in [5.41, 5.74) is 9.21. The number of nitrogens with one attached hydrogen (secondary N) is 2. The highest BCUT2D eigenvalue weighted by Crippen LogP contribution is 2.37. The number of hydrogen-bond donors (Lipinski definition) is 3. The Balaban J connectivity index is 1.92. The predicted octanol–water partition coefficient (Wildman–Crippen LogP) is 4.06. The third kappa shape index (κ3) is 6.71. The number of allylic oxidation sites excluding steroid dienone is 1. The Morgan fingerprint density at radius 1 is 1.32 bits per heavy atom. The lowest BCUT2D eigenvalue weighted by molar-refractivity contribution is 0.255. The zero-order valence-corrected chi connectivity index (χ0v) is 23.7. The minimum absolute atomic E-state index is 0.0682. The van der Waals surface area contributed by atoms with Gasteiger partial charge in [0.2, 0.25) is 5.95 Å². The van der Waals surface area contributed by atoms with Crippen molar-refractivity contribution in [1.82, 2.24) is 14.9 Å². The highest BCUT2D eigenvalue weighted by molar-refractivity contribution is 7.95. The van der Waals surface area contributed by atoms with E-state index in [9.17, 15) is 8.42 Å². The molecule has 1 aromatic carbocycles. The van der Waals surface area contributed by atoms with Crippen LogP contribution in [0, 0.1) is 6.92 Å². The molecule has 10 nitrogen and oxygen atoms in total. The van der Waals surface area contributed by atoms with Crippen LogP contribution in [0.5, 0.6) is 5.75 Å². The molecular formula is C25H36ClN7O3S. The van der Waals surface area contributed by atoms with Gasteiger partial charge in [0.15, 0.2) is 20.7 Å². The molecule has 1 aliphatic heterocycles. The third-order valence-electron chi connectivity index (χ3n) is 6.44. The Morgan fingerprint density at radius 2 is 2.00 bits per heavy atom. The fraction of sp³-hybridized carbons (Fsp3) is 0.480. The van der Waals surface area contributed by atoms with Gasteiger partial charge >= 0.3 is 0 Å². The molecule has 1 saturated heterocycles. The maximum atomic E-state index is 12.6. The van der Waals surface area contributed by atoms with Gasteiger partial charge in [0.25, 0.3) is 0 Å². The normalized spacial score (nSPS) is 16.2. The molecule has 0 radical (unpaired) electrons. The van der Waals surface area contributed by atoms with Gasteiger partial charge in [0.05, 0.1) is 29.9 Å². The molecule has 1 aromatic heterocycles. The van der Waals surface area contributed by atoms with Gasteiger partial charge in [-0.1, -0.05) is 11.6 Å². The number of aromatic nitrogens is 2. The topological polar surface area (TPSA) is 135 Å². The van der Waals surface area contributed by atoms with Crippen LogP contribution >= 0.6 is 11.6 Å². The van der Waals surface area contributed by atoms with Crippen LogP contribution in [0.15, 0.2) is 34.0 Å². The Hall–Kier alpha value is -2.89.